The molecule has 2 aliphatic heterocycles. The summed E-state index contributed by atoms with van der Waals surface area (Å²) in [7, 11) is 0. The molecular weight excluding hydrogens is 398 g/mol. The van der Waals surface area contributed by atoms with Crippen molar-refractivity contribution in [3.63, 3.8) is 0 Å². The Morgan fingerprint density at radius 2 is 1.50 bits per heavy atom. The highest BCUT2D eigenvalue weighted by Crippen LogP contribution is 2.31. The summed E-state index contributed by atoms with van der Waals surface area (Å²) in [6.45, 7) is 7.82. The molecular formula is C26H31N5O. The van der Waals surface area contributed by atoms with Gasteiger partial charge in [0.25, 0.3) is 0 Å². The normalized spacial score (nSPS) is 17.7. The molecule has 3 heterocycles. The fourth-order valence-electron chi connectivity index (χ4n) is 4.82. The van der Waals surface area contributed by atoms with Crippen LogP contribution in [0.4, 0.5) is 5.82 Å². The Hall–Kier alpha value is -2.99. The highest BCUT2D eigenvalue weighted by molar-refractivity contribution is 6.00. The first-order chi connectivity index (χ1) is 15.7. The lowest BCUT2D eigenvalue weighted by molar-refractivity contribution is -0.132. The van der Waals surface area contributed by atoms with E-state index in [0.717, 1.165) is 67.1 Å². The fraction of sp³-hybridized carbons (Fsp3) is 0.423. The first-order valence-electron chi connectivity index (χ1n) is 11.8. The number of aromatic nitrogens is 2. The van der Waals surface area contributed by atoms with E-state index >= 15 is 0 Å². The van der Waals surface area contributed by atoms with Crippen LogP contribution >= 0.6 is 0 Å². The van der Waals surface area contributed by atoms with Crippen LogP contribution in [0.3, 0.4) is 0 Å². The number of amides is 1. The third-order valence-corrected chi connectivity index (χ3v) is 6.73. The number of piperazine rings is 1. The quantitative estimate of drug-likeness (QED) is 0.632. The molecule has 2 saturated heterocycles. The van der Waals surface area contributed by atoms with Gasteiger partial charge in [0.05, 0.1) is 6.54 Å². The predicted octanol–water partition coefficient (Wildman–Crippen LogP) is 3.74. The zero-order chi connectivity index (χ0) is 21.9. The second kappa shape index (κ2) is 9.25. The van der Waals surface area contributed by atoms with Crippen LogP contribution in [-0.2, 0) is 4.79 Å². The van der Waals surface area contributed by atoms with Gasteiger partial charge in [-0.25, -0.2) is 0 Å². The highest BCUT2D eigenvalue weighted by atomic mass is 16.2. The molecule has 6 heteroatoms. The number of benzene rings is 2. The van der Waals surface area contributed by atoms with Gasteiger partial charge in [0.2, 0.25) is 5.91 Å². The topological polar surface area (TPSA) is 52.6 Å². The monoisotopic (exact) mass is 429 g/mol. The van der Waals surface area contributed by atoms with E-state index in [-0.39, 0.29) is 5.91 Å². The summed E-state index contributed by atoms with van der Waals surface area (Å²) in [5, 5.41) is 11.5. The number of nitrogens with zero attached hydrogens (tertiary/aromatic N) is 5. The Kier molecular flexibility index (Phi) is 6.04. The molecule has 0 bridgehead atoms. The van der Waals surface area contributed by atoms with E-state index in [1.54, 1.807) is 0 Å². The first kappa shape index (κ1) is 20.9. The molecule has 2 aromatic carbocycles. The van der Waals surface area contributed by atoms with Crippen molar-refractivity contribution < 1.29 is 4.79 Å². The molecule has 0 radical (unpaired) electrons. The molecule has 0 atom stereocenters. The molecule has 2 aliphatic rings. The molecule has 1 aromatic heterocycles. The maximum atomic E-state index is 12.8. The lowest BCUT2D eigenvalue weighted by atomic mass is 10.0. The van der Waals surface area contributed by atoms with Crippen molar-refractivity contribution in [1.82, 2.24) is 20.0 Å². The van der Waals surface area contributed by atoms with E-state index < -0.39 is 0 Å². The minimum atomic E-state index is 0.261. The average molecular weight is 430 g/mol. The Balaban J connectivity index is 1.32. The number of piperidine rings is 1. The Morgan fingerprint density at radius 3 is 2.22 bits per heavy atom. The van der Waals surface area contributed by atoms with Gasteiger partial charge in [0, 0.05) is 42.5 Å². The van der Waals surface area contributed by atoms with Crippen molar-refractivity contribution in [2.45, 2.75) is 26.2 Å². The molecule has 166 valence electrons. The minimum absolute atomic E-state index is 0.261. The number of anilines is 1. The van der Waals surface area contributed by atoms with Gasteiger partial charge in [0.1, 0.15) is 5.69 Å². The van der Waals surface area contributed by atoms with Gasteiger partial charge >= 0.3 is 0 Å². The first-order valence-corrected chi connectivity index (χ1v) is 11.8. The van der Waals surface area contributed by atoms with E-state index in [4.69, 9.17) is 0 Å². The largest absolute Gasteiger partial charge is 0.351 e. The molecule has 0 aliphatic carbocycles. The minimum Gasteiger partial charge on any atom is -0.351 e. The second-order valence-electron chi connectivity index (χ2n) is 8.99. The van der Waals surface area contributed by atoms with Crippen molar-refractivity contribution in [1.29, 1.82) is 0 Å². The van der Waals surface area contributed by atoms with E-state index in [0.29, 0.717) is 6.54 Å². The van der Waals surface area contributed by atoms with Crippen LogP contribution in [0, 0.1) is 6.92 Å². The second-order valence-corrected chi connectivity index (χ2v) is 8.99. The number of aryl methyl sites for hydroxylation is 1. The van der Waals surface area contributed by atoms with Gasteiger partial charge in [-0.05, 0) is 32.9 Å². The number of carbonyl (C=O) groups is 1. The fourth-order valence-corrected chi connectivity index (χ4v) is 4.82. The molecule has 0 spiro atoms. The summed E-state index contributed by atoms with van der Waals surface area (Å²) in [5.74, 6) is 1.18. The number of carbonyl (C=O) groups excluding carboxylic acids is 1. The lowest BCUT2D eigenvalue weighted by Crippen LogP contribution is -2.52. The van der Waals surface area contributed by atoms with E-state index in [1.807, 2.05) is 4.90 Å². The van der Waals surface area contributed by atoms with Crippen LogP contribution in [0.5, 0.6) is 0 Å². The predicted molar refractivity (Wildman–Crippen MR) is 129 cm³/mol. The lowest BCUT2D eigenvalue weighted by Gasteiger charge is -2.37. The average Bonchev–Trinajstić information content (AvgIpc) is 2.85. The maximum absolute atomic E-state index is 12.8. The summed E-state index contributed by atoms with van der Waals surface area (Å²) in [5.41, 5.74) is 3.23. The zero-order valence-corrected chi connectivity index (χ0v) is 18.8. The van der Waals surface area contributed by atoms with Crippen LogP contribution in [0.25, 0.3) is 22.0 Å². The van der Waals surface area contributed by atoms with E-state index in [9.17, 15) is 4.79 Å². The van der Waals surface area contributed by atoms with Crippen LogP contribution < -0.4 is 4.90 Å². The Labute approximate surface area is 189 Å². The summed E-state index contributed by atoms with van der Waals surface area (Å²) >= 11 is 0. The van der Waals surface area contributed by atoms with Crippen LogP contribution in [0.15, 0.2) is 48.5 Å². The maximum Gasteiger partial charge on any atom is 0.236 e. The number of hydrogen-bond donors (Lipinski definition) is 0. The van der Waals surface area contributed by atoms with Gasteiger partial charge in [0.15, 0.2) is 5.82 Å². The summed E-state index contributed by atoms with van der Waals surface area (Å²) < 4.78 is 0. The van der Waals surface area contributed by atoms with E-state index in [1.165, 1.54) is 24.8 Å². The van der Waals surface area contributed by atoms with Crippen molar-refractivity contribution in [3.8, 4) is 11.3 Å². The van der Waals surface area contributed by atoms with Crippen LogP contribution in [0.2, 0.25) is 0 Å². The standard InChI is InChI=1S/C26H31N5O/c1-20-9-11-21(12-10-20)25-22-7-3-4-8-23(22)26(28-27-25)31-17-15-30(16-18-31)24(32)19-29-13-5-2-6-14-29/h3-4,7-12H,2,5-6,13-19H2,1H3. The van der Waals surface area contributed by atoms with Crippen LogP contribution in [0.1, 0.15) is 24.8 Å². The smallest absolute Gasteiger partial charge is 0.236 e. The summed E-state index contributed by atoms with van der Waals surface area (Å²) in [6, 6.07) is 16.8. The molecule has 0 saturated carbocycles. The molecule has 5 rings (SSSR count). The molecule has 0 unspecified atom stereocenters. The molecule has 1 amide bonds. The molecule has 32 heavy (non-hydrogen) atoms. The molecule has 6 nitrogen and oxygen atoms in total. The molecule has 0 N–H and O–H groups in total. The van der Waals surface area contributed by atoms with Crippen molar-refractivity contribution >= 4 is 22.5 Å². The van der Waals surface area contributed by atoms with Gasteiger partial charge in [-0.3, -0.25) is 9.69 Å². The number of hydrogen-bond acceptors (Lipinski definition) is 5. The third-order valence-electron chi connectivity index (χ3n) is 6.73. The van der Waals surface area contributed by atoms with Crippen LogP contribution in [-0.4, -0.2) is 71.7 Å². The highest BCUT2D eigenvalue weighted by Gasteiger charge is 2.25. The Morgan fingerprint density at radius 1 is 0.812 bits per heavy atom. The van der Waals surface area contributed by atoms with Gasteiger partial charge in [-0.15, -0.1) is 10.2 Å². The van der Waals surface area contributed by atoms with Crippen molar-refractivity contribution in [3.05, 3.63) is 54.1 Å². The Bertz CT molecular complexity index is 1080. The van der Waals surface area contributed by atoms with Crippen molar-refractivity contribution in [2.75, 3.05) is 50.7 Å². The third kappa shape index (κ3) is 4.32. The van der Waals surface area contributed by atoms with Gasteiger partial charge in [-0.1, -0.05) is 60.5 Å². The van der Waals surface area contributed by atoms with Gasteiger partial charge in [-0.2, -0.15) is 0 Å². The summed E-state index contributed by atoms with van der Waals surface area (Å²) in [6.07, 6.45) is 3.72. The zero-order valence-electron chi connectivity index (χ0n) is 18.8. The van der Waals surface area contributed by atoms with Crippen molar-refractivity contribution in [2.24, 2.45) is 0 Å². The SMILES string of the molecule is Cc1ccc(-c2nnc(N3CCN(C(=O)CN4CCCCC4)CC3)c3ccccc23)cc1. The van der Waals surface area contributed by atoms with Gasteiger partial charge < -0.3 is 9.80 Å². The van der Waals surface area contributed by atoms with E-state index in [2.05, 4.69) is 75.5 Å². The molecule has 3 aromatic rings. The summed E-state index contributed by atoms with van der Waals surface area (Å²) in [4.78, 5) is 19.4. The number of likely N-dealkylation sites (tertiary alicyclic amines) is 1. The number of rotatable bonds is 4. The molecule has 2 fully saturated rings. The number of fused-ring (bicyclic) bond motifs is 1.